The highest BCUT2D eigenvalue weighted by molar-refractivity contribution is 5.46. The van der Waals surface area contributed by atoms with Gasteiger partial charge in [0.25, 0.3) is 0 Å². The van der Waals surface area contributed by atoms with Gasteiger partial charge in [-0.3, -0.25) is 4.98 Å². The lowest BCUT2D eigenvalue weighted by Gasteiger charge is -2.34. The summed E-state index contributed by atoms with van der Waals surface area (Å²) in [5, 5.41) is 3.55. The molecule has 20 heavy (non-hydrogen) atoms. The van der Waals surface area contributed by atoms with Crippen molar-refractivity contribution in [2.45, 2.75) is 47.0 Å². The molecular weight excluding hydrogens is 246 g/mol. The Morgan fingerprint density at radius 2 is 1.80 bits per heavy atom. The summed E-state index contributed by atoms with van der Waals surface area (Å²) in [5.41, 5.74) is 1.87. The minimum Gasteiger partial charge on any atom is -0.371 e. The number of aromatic nitrogens is 1. The van der Waals surface area contributed by atoms with Gasteiger partial charge in [0.05, 0.1) is 0 Å². The number of rotatable bonds is 1. The Morgan fingerprint density at radius 1 is 1.10 bits per heavy atom. The van der Waals surface area contributed by atoms with E-state index < -0.39 is 0 Å². The van der Waals surface area contributed by atoms with Gasteiger partial charge >= 0.3 is 0 Å². The monoisotopic (exact) mass is 277 g/mol. The van der Waals surface area contributed by atoms with Gasteiger partial charge < -0.3 is 10.2 Å². The third-order valence-corrected chi connectivity index (χ3v) is 4.03. The predicted octanol–water partition coefficient (Wildman–Crippen LogP) is 3.71. The summed E-state index contributed by atoms with van der Waals surface area (Å²) in [7, 11) is 0. The first-order valence-electron chi connectivity index (χ1n) is 8.24. The highest BCUT2D eigenvalue weighted by atomic mass is 15.2. The van der Waals surface area contributed by atoms with E-state index in [1.807, 2.05) is 40.1 Å². The Kier molecular flexibility index (Phi) is 7.60. The number of anilines is 1. The van der Waals surface area contributed by atoms with Crippen LogP contribution in [0.3, 0.4) is 0 Å². The topological polar surface area (TPSA) is 28.2 Å². The van der Waals surface area contributed by atoms with Crippen LogP contribution in [0.2, 0.25) is 0 Å². The molecule has 1 unspecified atom stereocenters. The first-order valence-corrected chi connectivity index (χ1v) is 8.24. The van der Waals surface area contributed by atoms with Crippen molar-refractivity contribution in [1.82, 2.24) is 10.3 Å². The van der Waals surface area contributed by atoms with E-state index in [2.05, 4.69) is 27.3 Å². The van der Waals surface area contributed by atoms with Crippen LogP contribution in [0.15, 0.2) is 24.5 Å². The second-order valence-electron chi connectivity index (χ2n) is 5.16. The Balaban J connectivity index is 0.000000461. The van der Waals surface area contributed by atoms with E-state index in [1.54, 1.807) is 0 Å². The minimum absolute atomic E-state index is 0.543. The van der Waals surface area contributed by atoms with Crippen molar-refractivity contribution in [3.8, 4) is 0 Å². The highest BCUT2D eigenvalue weighted by Gasteiger charge is 2.38. The lowest BCUT2D eigenvalue weighted by molar-refractivity contribution is 0.239. The molecule has 2 fully saturated rings. The molecule has 1 N–H and O–H groups in total. The Bertz CT molecular complexity index is 345. The molecule has 3 nitrogen and oxygen atoms in total. The maximum absolute atomic E-state index is 4.08. The van der Waals surface area contributed by atoms with E-state index in [1.165, 1.54) is 51.1 Å². The molecule has 2 aliphatic rings. The summed E-state index contributed by atoms with van der Waals surface area (Å²) in [6.07, 6.45) is 7.84. The van der Waals surface area contributed by atoms with Gasteiger partial charge in [0.1, 0.15) is 0 Å². The van der Waals surface area contributed by atoms with Gasteiger partial charge in [0.2, 0.25) is 0 Å². The third-order valence-electron chi connectivity index (χ3n) is 4.03. The smallest absolute Gasteiger partial charge is 0.0397 e. The average Bonchev–Trinajstić information content (AvgIpc) is 2.96. The van der Waals surface area contributed by atoms with Crippen molar-refractivity contribution >= 4 is 5.69 Å². The molecule has 0 aromatic carbocycles. The summed E-state index contributed by atoms with van der Waals surface area (Å²) in [4.78, 5) is 6.59. The summed E-state index contributed by atoms with van der Waals surface area (Å²) in [5.74, 6) is 0. The van der Waals surface area contributed by atoms with Crippen LogP contribution < -0.4 is 10.2 Å². The lowest BCUT2D eigenvalue weighted by Crippen LogP contribution is -2.41. The number of nitrogens with zero attached hydrogens (tertiary/aromatic N) is 2. The van der Waals surface area contributed by atoms with Crippen molar-refractivity contribution in [2.75, 3.05) is 31.1 Å². The van der Waals surface area contributed by atoms with Crippen LogP contribution in [0, 0.1) is 5.41 Å². The fraction of sp³-hybridized carbons (Fsp3) is 0.706. The second-order valence-corrected chi connectivity index (χ2v) is 5.16. The molecule has 2 saturated heterocycles. The molecule has 1 aromatic heterocycles. The van der Waals surface area contributed by atoms with Gasteiger partial charge in [-0.1, -0.05) is 27.7 Å². The van der Waals surface area contributed by atoms with E-state index in [0.29, 0.717) is 5.41 Å². The van der Waals surface area contributed by atoms with Crippen LogP contribution in [-0.2, 0) is 0 Å². The molecule has 0 aliphatic carbocycles. The summed E-state index contributed by atoms with van der Waals surface area (Å²) in [6, 6.07) is 4.24. The number of pyridine rings is 1. The minimum atomic E-state index is 0.543. The van der Waals surface area contributed by atoms with Gasteiger partial charge in [0.15, 0.2) is 0 Å². The molecule has 3 heteroatoms. The molecule has 0 radical (unpaired) electrons. The average molecular weight is 277 g/mol. The van der Waals surface area contributed by atoms with Crippen molar-refractivity contribution in [2.24, 2.45) is 5.41 Å². The molecule has 0 saturated carbocycles. The van der Waals surface area contributed by atoms with E-state index in [4.69, 9.17) is 0 Å². The van der Waals surface area contributed by atoms with Crippen LogP contribution >= 0.6 is 0 Å². The molecule has 1 spiro atoms. The van der Waals surface area contributed by atoms with Crippen molar-refractivity contribution in [1.29, 1.82) is 0 Å². The molecule has 1 atom stereocenters. The predicted molar refractivity (Wildman–Crippen MR) is 88.3 cm³/mol. The molecule has 2 aliphatic heterocycles. The van der Waals surface area contributed by atoms with Crippen LogP contribution in [-0.4, -0.2) is 31.2 Å². The number of hydrogen-bond donors (Lipinski definition) is 1. The van der Waals surface area contributed by atoms with E-state index in [9.17, 15) is 0 Å². The van der Waals surface area contributed by atoms with Crippen LogP contribution in [0.1, 0.15) is 47.0 Å². The van der Waals surface area contributed by atoms with Gasteiger partial charge in [-0.25, -0.2) is 0 Å². The van der Waals surface area contributed by atoms with Crippen LogP contribution in [0.5, 0.6) is 0 Å². The number of nitrogens with one attached hydrogen (secondary N) is 1. The molecule has 1 aromatic rings. The maximum atomic E-state index is 4.08. The number of piperidine rings is 1. The fourth-order valence-electron chi connectivity index (χ4n) is 3.09. The summed E-state index contributed by atoms with van der Waals surface area (Å²) >= 11 is 0. The largest absolute Gasteiger partial charge is 0.371 e. The van der Waals surface area contributed by atoms with E-state index in [0.717, 1.165) is 0 Å². The maximum Gasteiger partial charge on any atom is 0.0397 e. The lowest BCUT2D eigenvalue weighted by atomic mass is 9.80. The normalized spacial score (nSPS) is 24.5. The first kappa shape index (κ1) is 17.0. The fourth-order valence-corrected chi connectivity index (χ4v) is 3.09. The van der Waals surface area contributed by atoms with Gasteiger partial charge in [0, 0.05) is 43.1 Å². The van der Waals surface area contributed by atoms with Gasteiger partial charge in [-0.2, -0.15) is 0 Å². The van der Waals surface area contributed by atoms with Crippen molar-refractivity contribution in [3.63, 3.8) is 0 Å². The molecular formula is C17H31N3. The first-order chi connectivity index (χ1) is 9.88. The molecule has 0 amide bonds. The molecule has 3 heterocycles. The quantitative estimate of drug-likeness (QED) is 0.848. The standard InChI is InChI=1S/C13H19N3.2C2H6/c1-4-13(10-15-6-1)5-9-16(11-13)12-2-7-14-8-3-12;2*1-2/h2-3,7-8,15H,1,4-6,9-11H2;2*1-2H3. The second kappa shape index (κ2) is 8.96. The van der Waals surface area contributed by atoms with Gasteiger partial charge in [-0.05, 0) is 37.9 Å². The number of hydrogen-bond acceptors (Lipinski definition) is 3. The SMILES string of the molecule is CC.CC.c1cc(N2CCC3(CCCNC3)C2)ccn1. The van der Waals surface area contributed by atoms with Gasteiger partial charge in [-0.15, -0.1) is 0 Å². The highest BCUT2D eigenvalue weighted by Crippen LogP contribution is 2.38. The molecule has 114 valence electrons. The molecule has 0 bridgehead atoms. The van der Waals surface area contributed by atoms with E-state index >= 15 is 0 Å². The zero-order valence-electron chi connectivity index (χ0n) is 13.7. The van der Waals surface area contributed by atoms with Crippen molar-refractivity contribution in [3.05, 3.63) is 24.5 Å². The Hall–Kier alpha value is -1.09. The Labute approximate surface area is 124 Å². The van der Waals surface area contributed by atoms with E-state index in [-0.39, 0.29) is 0 Å². The Morgan fingerprint density at radius 3 is 2.40 bits per heavy atom. The van der Waals surface area contributed by atoms with Crippen molar-refractivity contribution < 1.29 is 0 Å². The zero-order chi connectivity index (χ0) is 14.8. The van der Waals surface area contributed by atoms with Crippen LogP contribution in [0.25, 0.3) is 0 Å². The molecule has 3 rings (SSSR count). The summed E-state index contributed by atoms with van der Waals surface area (Å²) in [6.45, 7) is 12.8. The third kappa shape index (κ3) is 4.20. The zero-order valence-corrected chi connectivity index (χ0v) is 13.7. The van der Waals surface area contributed by atoms with Crippen LogP contribution in [0.4, 0.5) is 5.69 Å². The summed E-state index contributed by atoms with van der Waals surface area (Å²) < 4.78 is 0.